The van der Waals surface area contributed by atoms with E-state index in [-0.39, 0.29) is 6.61 Å². The van der Waals surface area contributed by atoms with Gasteiger partial charge in [0.2, 0.25) is 0 Å². The zero-order valence-corrected chi connectivity index (χ0v) is 12.7. The Morgan fingerprint density at radius 2 is 2.26 bits per heavy atom. The average Bonchev–Trinajstić information content (AvgIpc) is 2.82. The number of hydrogen-bond donors (Lipinski definition) is 1. The lowest BCUT2D eigenvalue weighted by Gasteiger charge is -2.36. The molecule has 1 aromatic rings. The van der Waals surface area contributed by atoms with Crippen LogP contribution in [-0.2, 0) is 6.54 Å². The van der Waals surface area contributed by atoms with Crippen LogP contribution in [0, 0.1) is 17.8 Å². The van der Waals surface area contributed by atoms with Crippen LogP contribution in [0.15, 0.2) is 11.4 Å². The standard InChI is InChI=1S/C16H23NOS/c1-13-6-7-14(2)17(11-13)12-16-15(8-10-19-16)5-3-4-9-18/h8,10,13-14,18H,4,6-7,9,11-12H2,1-2H3. The number of aliphatic hydroxyl groups is 1. The van der Waals surface area contributed by atoms with Crippen LogP contribution in [0.1, 0.15) is 43.6 Å². The molecule has 0 aromatic carbocycles. The maximum atomic E-state index is 8.78. The van der Waals surface area contributed by atoms with E-state index in [0.29, 0.717) is 12.5 Å². The zero-order chi connectivity index (χ0) is 13.7. The van der Waals surface area contributed by atoms with E-state index >= 15 is 0 Å². The van der Waals surface area contributed by atoms with Crippen molar-refractivity contribution in [2.75, 3.05) is 13.2 Å². The van der Waals surface area contributed by atoms with Gasteiger partial charge < -0.3 is 5.11 Å². The van der Waals surface area contributed by atoms with E-state index < -0.39 is 0 Å². The van der Waals surface area contributed by atoms with Gasteiger partial charge in [-0.1, -0.05) is 18.8 Å². The highest BCUT2D eigenvalue weighted by Crippen LogP contribution is 2.26. The fourth-order valence-electron chi connectivity index (χ4n) is 2.57. The molecule has 2 heterocycles. The lowest BCUT2D eigenvalue weighted by Crippen LogP contribution is -2.40. The highest BCUT2D eigenvalue weighted by Gasteiger charge is 2.23. The van der Waals surface area contributed by atoms with E-state index in [1.165, 1.54) is 24.3 Å². The predicted molar refractivity (Wildman–Crippen MR) is 81.2 cm³/mol. The summed E-state index contributed by atoms with van der Waals surface area (Å²) in [7, 11) is 0. The van der Waals surface area contributed by atoms with E-state index in [1.807, 2.05) is 0 Å². The Bertz CT molecular complexity index is 457. The topological polar surface area (TPSA) is 23.5 Å². The second-order valence-corrected chi connectivity index (χ2v) is 6.49. The molecule has 0 aliphatic carbocycles. The molecule has 2 unspecified atom stereocenters. The van der Waals surface area contributed by atoms with Crippen LogP contribution in [0.3, 0.4) is 0 Å². The van der Waals surface area contributed by atoms with Gasteiger partial charge in [0, 0.05) is 36.0 Å². The Hall–Kier alpha value is -0.820. The average molecular weight is 277 g/mol. The minimum absolute atomic E-state index is 0.146. The van der Waals surface area contributed by atoms with Crippen molar-refractivity contribution in [3.05, 3.63) is 21.9 Å². The molecule has 3 heteroatoms. The van der Waals surface area contributed by atoms with Gasteiger partial charge in [-0.15, -0.1) is 11.3 Å². The van der Waals surface area contributed by atoms with Crippen LogP contribution in [0.25, 0.3) is 0 Å². The largest absolute Gasteiger partial charge is 0.395 e. The Kier molecular flexibility index (Phi) is 5.45. The summed E-state index contributed by atoms with van der Waals surface area (Å²) in [5, 5.41) is 10.9. The van der Waals surface area contributed by atoms with Gasteiger partial charge in [-0.3, -0.25) is 4.90 Å². The molecule has 104 valence electrons. The summed E-state index contributed by atoms with van der Waals surface area (Å²) < 4.78 is 0. The first-order chi connectivity index (χ1) is 9.20. The van der Waals surface area contributed by atoms with Crippen molar-refractivity contribution in [2.45, 2.75) is 45.7 Å². The van der Waals surface area contributed by atoms with Crippen molar-refractivity contribution >= 4 is 11.3 Å². The molecular formula is C16H23NOS. The Labute approximate surface area is 120 Å². The lowest BCUT2D eigenvalue weighted by molar-refractivity contribution is 0.118. The van der Waals surface area contributed by atoms with E-state index in [9.17, 15) is 0 Å². The quantitative estimate of drug-likeness (QED) is 0.858. The highest BCUT2D eigenvalue weighted by molar-refractivity contribution is 7.10. The van der Waals surface area contributed by atoms with Gasteiger partial charge in [0.05, 0.1) is 6.61 Å². The third-order valence-electron chi connectivity index (χ3n) is 3.80. The molecule has 2 rings (SSSR count). The van der Waals surface area contributed by atoms with Gasteiger partial charge in [0.25, 0.3) is 0 Å². The van der Waals surface area contributed by atoms with E-state index in [4.69, 9.17) is 5.11 Å². The first kappa shape index (κ1) is 14.6. The summed E-state index contributed by atoms with van der Waals surface area (Å²) in [6, 6.07) is 2.78. The number of thiophene rings is 1. The highest BCUT2D eigenvalue weighted by atomic mass is 32.1. The molecule has 19 heavy (non-hydrogen) atoms. The smallest absolute Gasteiger partial charge is 0.0540 e. The van der Waals surface area contributed by atoms with E-state index in [2.05, 4.69) is 42.0 Å². The van der Waals surface area contributed by atoms with Crippen LogP contribution in [0.5, 0.6) is 0 Å². The van der Waals surface area contributed by atoms with Crippen molar-refractivity contribution in [1.29, 1.82) is 0 Å². The van der Waals surface area contributed by atoms with Gasteiger partial charge in [-0.2, -0.15) is 0 Å². The summed E-state index contributed by atoms with van der Waals surface area (Å²) in [5.74, 6) is 7.01. The summed E-state index contributed by atoms with van der Waals surface area (Å²) in [6.45, 7) is 7.04. The first-order valence-electron chi connectivity index (χ1n) is 7.11. The summed E-state index contributed by atoms with van der Waals surface area (Å²) in [5.41, 5.74) is 1.14. The molecule has 1 aliphatic rings. The minimum Gasteiger partial charge on any atom is -0.395 e. The molecule has 1 aromatic heterocycles. The summed E-state index contributed by atoms with van der Waals surface area (Å²) >= 11 is 1.80. The monoisotopic (exact) mass is 277 g/mol. The van der Waals surface area contributed by atoms with Crippen LogP contribution in [0.2, 0.25) is 0 Å². The van der Waals surface area contributed by atoms with Crippen LogP contribution in [-0.4, -0.2) is 29.2 Å². The molecule has 1 fully saturated rings. The summed E-state index contributed by atoms with van der Waals surface area (Å²) in [4.78, 5) is 3.95. The third-order valence-corrected chi connectivity index (χ3v) is 4.70. The molecule has 0 bridgehead atoms. The number of likely N-dealkylation sites (tertiary alicyclic amines) is 1. The van der Waals surface area contributed by atoms with E-state index in [1.54, 1.807) is 11.3 Å². The van der Waals surface area contributed by atoms with Crippen molar-refractivity contribution in [1.82, 2.24) is 4.90 Å². The van der Waals surface area contributed by atoms with Crippen LogP contribution >= 0.6 is 11.3 Å². The van der Waals surface area contributed by atoms with Gasteiger partial charge in [0.1, 0.15) is 0 Å². The zero-order valence-electron chi connectivity index (χ0n) is 11.9. The lowest BCUT2D eigenvalue weighted by atomic mass is 9.95. The third kappa shape index (κ3) is 4.07. The minimum atomic E-state index is 0.146. The normalized spacial score (nSPS) is 23.9. The Balaban J connectivity index is 2.03. The fourth-order valence-corrected chi connectivity index (χ4v) is 3.43. The number of aliphatic hydroxyl groups excluding tert-OH is 1. The van der Waals surface area contributed by atoms with Crippen molar-refractivity contribution in [3.8, 4) is 11.8 Å². The molecule has 1 N–H and O–H groups in total. The molecule has 0 amide bonds. The molecular weight excluding hydrogens is 254 g/mol. The first-order valence-corrected chi connectivity index (χ1v) is 7.98. The van der Waals surface area contributed by atoms with E-state index in [0.717, 1.165) is 18.0 Å². The molecule has 1 aliphatic heterocycles. The number of hydrogen-bond acceptors (Lipinski definition) is 3. The van der Waals surface area contributed by atoms with Crippen molar-refractivity contribution in [3.63, 3.8) is 0 Å². The van der Waals surface area contributed by atoms with Gasteiger partial charge in [-0.05, 0) is 37.1 Å². The molecule has 1 saturated heterocycles. The van der Waals surface area contributed by atoms with Crippen LogP contribution < -0.4 is 0 Å². The number of rotatable bonds is 3. The fraction of sp³-hybridized carbons (Fsp3) is 0.625. The Morgan fingerprint density at radius 3 is 3.05 bits per heavy atom. The molecule has 0 radical (unpaired) electrons. The maximum Gasteiger partial charge on any atom is 0.0540 e. The Morgan fingerprint density at radius 1 is 1.42 bits per heavy atom. The molecule has 2 nitrogen and oxygen atoms in total. The molecule has 0 spiro atoms. The second-order valence-electron chi connectivity index (χ2n) is 5.49. The molecule has 2 atom stereocenters. The van der Waals surface area contributed by atoms with Gasteiger partial charge >= 0.3 is 0 Å². The predicted octanol–water partition coefficient (Wildman–Crippen LogP) is 3.10. The number of piperidine rings is 1. The van der Waals surface area contributed by atoms with Gasteiger partial charge in [-0.25, -0.2) is 0 Å². The van der Waals surface area contributed by atoms with Gasteiger partial charge in [0.15, 0.2) is 0 Å². The second kappa shape index (κ2) is 7.09. The number of nitrogens with zero attached hydrogens (tertiary/aromatic N) is 1. The molecule has 0 saturated carbocycles. The summed E-state index contributed by atoms with van der Waals surface area (Å²) in [6.07, 6.45) is 3.22. The van der Waals surface area contributed by atoms with Crippen LogP contribution in [0.4, 0.5) is 0 Å². The van der Waals surface area contributed by atoms with Crippen molar-refractivity contribution < 1.29 is 5.11 Å². The van der Waals surface area contributed by atoms with Crippen molar-refractivity contribution in [2.24, 2.45) is 5.92 Å². The SMILES string of the molecule is CC1CCC(C)N(Cc2sccc2C#CCCO)C1. The maximum absolute atomic E-state index is 8.78.